The van der Waals surface area contributed by atoms with Crippen LogP contribution in [0.15, 0.2) is 12.2 Å². The summed E-state index contributed by atoms with van der Waals surface area (Å²) in [6.07, 6.45) is 12.0. The van der Waals surface area contributed by atoms with Gasteiger partial charge in [-0.05, 0) is 32.2 Å². The van der Waals surface area contributed by atoms with Gasteiger partial charge in [0.2, 0.25) is 11.8 Å². The Morgan fingerprint density at radius 3 is 2.62 bits per heavy atom. The van der Waals surface area contributed by atoms with E-state index in [1.165, 1.54) is 19.3 Å². The van der Waals surface area contributed by atoms with Crippen LogP contribution in [0.25, 0.3) is 0 Å². The molecule has 2 heterocycles. The molecular weight excluding hydrogens is 304 g/mol. The van der Waals surface area contributed by atoms with Crippen molar-refractivity contribution in [3.05, 3.63) is 12.2 Å². The Hall–Kier alpha value is -1.20. The first-order valence-corrected chi connectivity index (χ1v) is 9.48. The summed E-state index contributed by atoms with van der Waals surface area (Å²) in [6, 6.07) is 0. The molecule has 5 heteroatoms. The number of ether oxygens (including phenoxy) is 1. The van der Waals surface area contributed by atoms with Crippen molar-refractivity contribution in [3.8, 4) is 0 Å². The molecule has 24 heavy (non-hydrogen) atoms. The van der Waals surface area contributed by atoms with Crippen LogP contribution in [0.5, 0.6) is 0 Å². The van der Waals surface area contributed by atoms with Gasteiger partial charge in [0.1, 0.15) is 0 Å². The zero-order chi connectivity index (χ0) is 17.3. The van der Waals surface area contributed by atoms with Gasteiger partial charge in [-0.25, -0.2) is 0 Å². The zero-order valence-corrected chi connectivity index (χ0v) is 15.0. The Labute approximate surface area is 145 Å². The number of morpholine rings is 1. The van der Waals surface area contributed by atoms with Crippen molar-refractivity contribution in [2.75, 3.05) is 32.8 Å². The summed E-state index contributed by atoms with van der Waals surface area (Å²) in [5.41, 5.74) is -0.617. The molecule has 0 aromatic rings. The third-order valence-electron chi connectivity index (χ3n) is 5.04. The van der Waals surface area contributed by atoms with E-state index in [0.29, 0.717) is 6.42 Å². The number of nitrogens with one attached hydrogen (secondary N) is 1. The molecule has 1 atom stereocenters. The average molecular weight is 336 g/mol. The third-order valence-corrected chi connectivity index (χ3v) is 5.04. The van der Waals surface area contributed by atoms with Crippen LogP contribution in [0.1, 0.15) is 58.3 Å². The molecule has 0 aromatic carbocycles. The fourth-order valence-corrected chi connectivity index (χ4v) is 3.52. The van der Waals surface area contributed by atoms with Gasteiger partial charge in [0.05, 0.1) is 18.6 Å². The van der Waals surface area contributed by atoms with Crippen LogP contribution < -0.4 is 5.32 Å². The van der Waals surface area contributed by atoms with Crippen molar-refractivity contribution in [1.29, 1.82) is 0 Å². The number of unbranched alkanes of at least 4 members (excludes halogenated alkanes) is 4. The molecule has 136 valence electrons. The maximum Gasteiger partial charge on any atom is 0.237 e. The van der Waals surface area contributed by atoms with E-state index in [-0.39, 0.29) is 11.8 Å². The van der Waals surface area contributed by atoms with Crippen molar-refractivity contribution in [2.45, 2.75) is 58.3 Å². The molecule has 0 aromatic heterocycles. The highest BCUT2D eigenvalue weighted by Gasteiger charge is 2.43. The molecule has 0 radical (unpaired) electrons. The van der Waals surface area contributed by atoms with Gasteiger partial charge >= 0.3 is 0 Å². The van der Waals surface area contributed by atoms with Crippen LogP contribution in [-0.4, -0.2) is 49.6 Å². The summed E-state index contributed by atoms with van der Waals surface area (Å²) in [5.74, 6) is -0.249. The van der Waals surface area contributed by atoms with E-state index >= 15 is 0 Å². The second kappa shape index (κ2) is 9.94. The Kier molecular flexibility index (Phi) is 7.92. The molecule has 0 bridgehead atoms. The number of imide groups is 1. The van der Waals surface area contributed by atoms with E-state index in [1.807, 2.05) is 6.08 Å². The molecule has 2 rings (SSSR count). The topological polar surface area (TPSA) is 58.6 Å². The summed E-state index contributed by atoms with van der Waals surface area (Å²) in [4.78, 5) is 26.4. The lowest BCUT2D eigenvalue weighted by Crippen LogP contribution is -2.37. The molecule has 2 aliphatic rings. The first-order valence-electron chi connectivity index (χ1n) is 9.48. The van der Waals surface area contributed by atoms with Crippen molar-refractivity contribution < 1.29 is 14.3 Å². The number of carbonyl (C=O) groups excluding carboxylic acids is 2. The summed E-state index contributed by atoms with van der Waals surface area (Å²) < 4.78 is 5.36. The van der Waals surface area contributed by atoms with Crippen LogP contribution in [0.2, 0.25) is 0 Å². The molecule has 1 unspecified atom stereocenters. The Morgan fingerprint density at radius 1 is 1.17 bits per heavy atom. The third kappa shape index (κ3) is 5.71. The zero-order valence-electron chi connectivity index (χ0n) is 15.0. The lowest BCUT2D eigenvalue weighted by Gasteiger charge is -2.28. The van der Waals surface area contributed by atoms with Gasteiger partial charge in [-0.1, -0.05) is 38.3 Å². The van der Waals surface area contributed by atoms with Gasteiger partial charge < -0.3 is 4.74 Å². The van der Waals surface area contributed by atoms with Crippen molar-refractivity contribution >= 4 is 11.8 Å². The summed E-state index contributed by atoms with van der Waals surface area (Å²) in [5, 5.41) is 2.49. The highest BCUT2D eigenvalue weighted by Crippen LogP contribution is 2.35. The molecule has 1 N–H and O–H groups in total. The number of carbonyl (C=O) groups is 2. The number of amides is 2. The number of nitrogens with zero attached hydrogens (tertiary/aromatic N) is 1. The minimum absolute atomic E-state index is 0.112. The van der Waals surface area contributed by atoms with Gasteiger partial charge in [-0.15, -0.1) is 0 Å². The Morgan fingerprint density at radius 2 is 1.96 bits per heavy atom. The van der Waals surface area contributed by atoms with Crippen LogP contribution in [0, 0.1) is 5.41 Å². The second-order valence-corrected chi connectivity index (χ2v) is 7.02. The lowest BCUT2D eigenvalue weighted by atomic mass is 9.80. The fourth-order valence-electron chi connectivity index (χ4n) is 3.52. The number of hydrogen-bond donors (Lipinski definition) is 1. The molecule has 2 fully saturated rings. The second-order valence-electron chi connectivity index (χ2n) is 7.02. The van der Waals surface area contributed by atoms with Gasteiger partial charge in [-0.2, -0.15) is 0 Å². The molecule has 0 saturated carbocycles. The average Bonchev–Trinajstić information content (AvgIpc) is 2.86. The minimum atomic E-state index is -0.617. The summed E-state index contributed by atoms with van der Waals surface area (Å²) >= 11 is 0. The molecule has 2 amide bonds. The van der Waals surface area contributed by atoms with E-state index in [2.05, 4.69) is 23.2 Å². The van der Waals surface area contributed by atoms with Gasteiger partial charge in [0, 0.05) is 19.5 Å². The SMILES string of the molecule is CCCCCCC=CC1(CCCN2CCOCC2)CC(=O)NC1=O. The van der Waals surface area contributed by atoms with E-state index in [4.69, 9.17) is 4.74 Å². The van der Waals surface area contributed by atoms with E-state index < -0.39 is 5.41 Å². The molecular formula is C19H32N2O3. The van der Waals surface area contributed by atoms with Gasteiger partial charge in [-0.3, -0.25) is 19.8 Å². The van der Waals surface area contributed by atoms with Gasteiger partial charge in [0.15, 0.2) is 0 Å². The summed E-state index contributed by atoms with van der Waals surface area (Å²) in [7, 11) is 0. The first kappa shape index (κ1) is 19.1. The lowest BCUT2D eigenvalue weighted by molar-refractivity contribution is -0.127. The van der Waals surface area contributed by atoms with E-state index in [9.17, 15) is 9.59 Å². The molecule has 0 spiro atoms. The van der Waals surface area contributed by atoms with E-state index in [0.717, 1.165) is 58.5 Å². The fraction of sp³-hybridized carbons (Fsp3) is 0.789. The van der Waals surface area contributed by atoms with Gasteiger partial charge in [0.25, 0.3) is 0 Å². The molecule has 2 aliphatic heterocycles. The number of rotatable bonds is 10. The van der Waals surface area contributed by atoms with E-state index in [1.54, 1.807) is 0 Å². The standard InChI is InChI=1S/C19H32N2O3/c1-2-3-4-5-6-7-9-19(16-17(22)20-18(19)23)10-8-11-21-12-14-24-15-13-21/h7,9H,2-6,8,10-16H2,1H3,(H,20,22,23). The Balaban J connectivity index is 1.83. The normalized spacial score (nSPS) is 25.5. The van der Waals surface area contributed by atoms with Crippen molar-refractivity contribution in [1.82, 2.24) is 10.2 Å². The monoisotopic (exact) mass is 336 g/mol. The highest BCUT2D eigenvalue weighted by atomic mass is 16.5. The molecule has 2 saturated heterocycles. The maximum absolute atomic E-state index is 12.3. The van der Waals surface area contributed by atoms with Crippen LogP contribution in [0.3, 0.4) is 0 Å². The minimum Gasteiger partial charge on any atom is -0.379 e. The number of allylic oxidation sites excluding steroid dienone is 1. The largest absolute Gasteiger partial charge is 0.379 e. The summed E-state index contributed by atoms with van der Waals surface area (Å²) in [6.45, 7) is 6.69. The van der Waals surface area contributed by atoms with Crippen LogP contribution in [-0.2, 0) is 14.3 Å². The Bertz CT molecular complexity index is 444. The predicted octanol–water partition coefficient (Wildman–Crippen LogP) is 2.66. The molecule has 5 nitrogen and oxygen atoms in total. The van der Waals surface area contributed by atoms with Crippen molar-refractivity contribution in [3.63, 3.8) is 0 Å². The predicted molar refractivity (Wildman–Crippen MR) is 94.6 cm³/mol. The van der Waals surface area contributed by atoms with Crippen molar-refractivity contribution in [2.24, 2.45) is 5.41 Å². The molecule has 0 aliphatic carbocycles. The van der Waals surface area contributed by atoms with Crippen LogP contribution in [0.4, 0.5) is 0 Å². The van der Waals surface area contributed by atoms with Crippen LogP contribution >= 0.6 is 0 Å². The quantitative estimate of drug-likeness (QED) is 0.378. The number of hydrogen-bond acceptors (Lipinski definition) is 4. The maximum atomic E-state index is 12.3. The highest BCUT2D eigenvalue weighted by molar-refractivity contribution is 6.06. The smallest absolute Gasteiger partial charge is 0.237 e. The first-order chi connectivity index (χ1) is 11.7.